The van der Waals surface area contributed by atoms with Gasteiger partial charge in [-0.3, -0.25) is 0 Å². The predicted molar refractivity (Wildman–Crippen MR) is 72.1 cm³/mol. The van der Waals surface area contributed by atoms with Crippen LogP contribution in [0.2, 0.25) is 0 Å². The Morgan fingerprint density at radius 1 is 1.35 bits per heavy atom. The lowest BCUT2D eigenvalue weighted by Crippen LogP contribution is -2.20. The normalized spacial score (nSPS) is 12.4. The van der Waals surface area contributed by atoms with Crippen LogP contribution in [0.4, 0.5) is 5.82 Å². The van der Waals surface area contributed by atoms with Crippen LogP contribution in [0.5, 0.6) is 0 Å². The van der Waals surface area contributed by atoms with Gasteiger partial charge in [-0.1, -0.05) is 13.0 Å². The van der Waals surface area contributed by atoms with Gasteiger partial charge in [0.05, 0.1) is 4.88 Å². The molecule has 0 saturated heterocycles. The van der Waals surface area contributed by atoms with Crippen molar-refractivity contribution in [2.75, 3.05) is 18.4 Å². The van der Waals surface area contributed by atoms with Gasteiger partial charge in [-0.15, -0.1) is 21.5 Å². The number of nitrogens with zero attached hydrogens (tertiary/aromatic N) is 2. The van der Waals surface area contributed by atoms with Crippen molar-refractivity contribution in [2.24, 2.45) is 11.7 Å². The first kappa shape index (κ1) is 12.0. The highest BCUT2D eigenvalue weighted by Crippen LogP contribution is 2.22. The summed E-state index contributed by atoms with van der Waals surface area (Å²) >= 11 is 1.66. The number of aromatic nitrogens is 2. The minimum atomic E-state index is 0.439. The van der Waals surface area contributed by atoms with E-state index in [9.17, 15) is 0 Å². The lowest BCUT2D eigenvalue weighted by Gasteiger charge is -2.09. The van der Waals surface area contributed by atoms with Gasteiger partial charge in [0.15, 0.2) is 0 Å². The van der Waals surface area contributed by atoms with E-state index in [-0.39, 0.29) is 0 Å². The molecule has 90 valence electrons. The first-order valence-corrected chi connectivity index (χ1v) is 6.49. The predicted octanol–water partition coefficient (Wildman–Crippen LogP) is 2.21. The van der Waals surface area contributed by atoms with Crippen LogP contribution < -0.4 is 11.1 Å². The molecule has 1 atom stereocenters. The van der Waals surface area contributed by atoms with Crippen molar-refractivity contribution in [1.29, 1.82) is 0 Å². The summed E-state index contributed by atoms with van der Waals surface area (Å²) in [7, 11) is 0. The summed E-state index contributed by atoms with van der Waals surface area (Å²) in [5.74, 6) is 1.24. The van der Waals surface area contributed by atoms with E-state index in [0.717, 1.165) is 22.9 Å². The Kier molecular flexibility index (Phi) is 4.06. The molecule has 2 heterocycles. The summed E-state index contributed by atoms with van der Waals surface area (Å²) in [5, 5.41) is 13.6. The monoisotopic (exact) mass is 248 g/mol. The second-order valence-corrected chi connectivity index (χ2v) is 4.95. The Labute approximate surface area is 105 Å². The maximum absolute atomic E-state index is 5.55. The summed E-state index contributed by atoms with van der Waals surface area (Å²) in [4.78, 5) is 1.14. The van der Waals surface area contributed by atoms with Crippen LogP contribution in [-0.2, 0) is 0 Å². The second-order valence-electron chi connectivity index (χ2n) is 4.00. The number of nitrogens with one attached hydrogen (secondary N) is 1. The van der Waals surface area contributed by atoms with Crippen LogP contribution in [0, 0.1) is 5.92 Å². The number of nitrogens with two attached hydrogens (primary N) is 1. The smallest absolute Gasteiger partial charge is 0.148 e. The number of thiophene rings is 1. The second kappa shape index (κ2) is 5.75. The van der Waals surface area contributed by atoms with E-state index < -0.39 is 0 Å². The van der Waals surface area contributed by atoms with Crippen molar-refractivity contribution in [1.82, 2.24) is 10.2 Å². The number of anilines is 1. The van der Waals surface area contributed by atoms with Crippen molar-refractivity contribution in [3.63, 3.8) is 0 Å². The molecule has 0 aliphatic carbocycles. The minimum absolute atomic E-state index is 0.439. The summed E-state index contributed by atoms with van der Waals surface area (Å²) < 4.78 is 0. The first-order valence-electron chi connectivity index (χ1n) is 5.61. The Morgan fingerprint density at radius 3 is 2.82 bits per heavy atom. The van der Waals surface area contributed by atoms with Crippen molar-refractivity contribution >= 4 is 17.2 Å². The SMILES string of the molecule is CC(CN)CNc1ccc(-c2cccs2)nn1. The molecule has 0 amide bonds. The van der Waals surface area contributed by atoms with E-state index >= 15 is 0 Å². The topological polar surface area (TPSA) is 63.8 Å². The summed E-state index contributed by atoms with van der Waals surface area (Å²) in [6.07, 6.45) is 0. The van der Waals surface area contributed by atoms with E-state index in [2.05, 4.69) is 22.4 Å². The van der Waals surface area contributed by atoms with Gasteiger partial charge >= 0.3 is 0 Å². The zero-order valence-corrected chi connectivity index (χ0v) is 10.6. The van der Waals surface area contributed by atoms with Crippen molar-refractivity contribution in [3.05, 3.63) is 29.6 Å². The van der Waals surface area contributed by atoms with Crippen LogP contribution >= 0.6 is 11.3 Å². The molecule has 2 aromatic rings. The van der Waals surface area contributed by atoms with Crippen LogP contribution in [0.15, 0.2) is 29.6 Å². The standard InChI is InChI=1S/C12H16N4S/c1-9(7-13)8-14-12-5-4-10(15-16-12)11-3-2-6-17-11/h2-6,9H,7-8,13H2,1H3,(H,14,16). The molecule has 0 spiro atoms. The lowest BCUT2D eigenvalue weighted by molar-refractivity contribution is 0.626. The minimum Gasteiger partial charge on any atom is -0.368 e. The molecule has 0 radical (unpaired) electrons. The highest BCUT2D eigenvalue weighted by atomic mass is 32.1. The quantitative estimate of drug-likeness (QED) is 0.851. The van der Waals surface area contributed by atoms with Gasteiger partial charge in [0.2, 0.25) is 0 Å². The Hall–Kier alpha value is -1.46. The molecule has 3 N–H and O–H groups in total. The molecular weight excluding hydrogens is 232 g/mol. The van der Waals surface area contributed by atoms with E-state index in [1.807, 2.05) is 29.6 Å². The molecule has 2 aromatic heterocycles. The van der Waals surface area contributed by atoms with Gasteiger partial charge in [-0.05, 0) is 36.0 Å². The molecule has 0 fully saturated rings. The number of rotatable bonds is 5. The molecule has 0 aromatic carbocycles. The van der Waals surface area contributed by atoms with Crippen LogP contribution in [-0.4, -0.2) is 23.3 Å². The number of hydrogen-bond acceptors (Lipinski definition) is 5. The summed E-state index contributed by atoms with van der Waals surface area (Å²) in [6, 6.07) is 7.98. The largest absolute Gasteiger partial charge is 0.368 e. The van der Waals surface area contributed by atoms with E-state index in [1.165, 1.54) is 0 Å². The molecule has 4 nitrogen and oxygen atoms in total. The molecule has 1 unspecified atom stereocenters. The average Bonchev–Trinajstić information content (AvgIpc) is 2.90. The molecule has 0 aliphatic rings. The third-order valence-corrected chi connectivity index (χ3v) is 3.36. The van der Waals surface area contributed by atoms with Gasteiger partial charge in [0, 0.05) is 6.54 Å². The first-order chi connectivity index (χ1) is 8.29. The highest BCUT2D eigenvalue weighted by Gasteiger charge is 2.03. The maximum atomic E-state index is 5.55. The summed E-state index contributed by atoms with van der Waals surface area (Å²) in [6.45, 7) is 3.59. The average molecular weight is 248 g/mol. The van der Waals surface area contributed by atoms with Crippen molar-refractivity contribution in [3.8, 4) is 10.6 Å². The molecule has 17 heavy (non-hydrogen) atoms. The van der Waals surface area contributed by atoms with Gasteiger partial charge in [-0.25, -0.2) is 0 Å². The lowest BCUT2D eigenvalue weighted by atomic mass is 10.2. The fraction of sp³-hybridized carbons (Fsp3) is 0.333. The van der Waals surface area contributed by atoms with Gasteiger partial charge in [-0.2, -0.15) is 0 Å². The third-order valence-electron chi connectivity index (χ3n) is 2.47. The highest BCUT2D eigenvalue weighted by molar-refractivity contribution is 7.13. The molecule has 0 saturated carbocycles. The Bertz CT molecular complexity index is 438. The Balaban J connectivity index is 1.99. The van der Waals surface area contributed by atoms with Crippen LogP contribution in [0.25, 0.3) is 10.6 Å². The zero-order valence-electron chi connectivity index (χ0n) is 9.76. The molecule has 0 aliphatic heterocycles. The van der Waals surface area contributed by atoms with Crippen molar-refractivity contribution in [2.45, 2.75) is 6.92 Å². The third kappa shape index (κ3) is 3.25. The van der Waals surface area contributed by atoms with Crippen molar-refractivity contribution < 1.29 is 0 Å². The van der Waals surface area contributed by atoms with E-state index in [0.29, 0.717) is 12.5 Å². The van der Waals surface area contributed by atoms with Gasteiger partial charge < -0.3 is 11.1 Å². The molecule has 5 heteroatoms. The molecule has 0 bridgehead atoms. The Morgan fingerprint density at radius 2 is 2.24 bits per heavy atom. The fourth-order valence-electron chi connectivity index (χ4n) is 1.34. The molecule has 2 rings (SSSR count). The number of hydrogen-bond donors (Lipinski definition) is 2. The fourth-order valence-corrected chi connectivity index (χ4v) is 2.03. The van der Waals surface area contributed by atoms with E-state index in [4.69, 9.17) is 5.73 Å². The summed E-state index contributed by atoms with van der Waals surface area (Å²) in [5.41, 5.74) is 6.46. The van der Waals surface area contributed by atoms with Crippen LogP contribution in [0.1, 0.15) is 6.92 Å². The van der Waals surface area contributed by atoms with Gasteiger partial charge in [0.25, 0.3) is 0 Å². The van der Waals surface area contributed by atoms with Gasteiger partial charge in [0.1, 0.15) is 11.5 Å². The maximum Gasteiger partial charge on any atom is 0.148 e. The van der Waals surface area contributed by atoms with Crippen LogP contribution in [0.3, 0.4) is 0 Å². The molecular formula is C12H16N4S. The van der Waals surface area contributed by atoms with E-state index in [1.54, 1.807) is 11.3 Å². The zero-order chi connectivity index (χ0) is 12.1.